The van der Waals surface area contributed by atoms with Crippen molar-refractivity contribution in [3.05, 3.63) is 66.0 Å². The van der Waals surface area contributed by atoms with Gasteiger partial charge < -0.3 is 4.74 Å². The first kappa shape index (κ1) is 17.9. The molecule has 4 rings (SSSR count). The van der Waals surface area contributed by atoms with Gasteiger partial charge in [0.25, 0.3) is 0 Å². The SMILES string of the molecule is CCCC1(Cc2cccnc2)OC(=O)C(C(c2ccccc2)C2CC2)C1=O. The van der Waals surface area contributed by atoms with Crippen molar-refractivity contribution in [2.24, 2.45) is 11.8 Å². The third kappa shape index (κ3) is 3.41. The van der Waals surface area contributed by atoms with Gasteiger partial charge in [0, 0.05) is 24.7 Å². The van der Waals surface area contributed by atoms with Crippen LogP contribution in [0.15, 0.2) is 54.9 Å². The van der Waals surface area contributed by atoms with Crippen molar-refractivity contribution in [1.82, 2.24) is 4.98 Å². The molecule has 3 unspecified atom stereocenters. The maximum absolute atomic E-state index is 13.6. The first-order chi connectivity index (χ1) is 13.1. The van der Waals surface area contributed by atoms with E-state index in [4.69, 9.17) is 4.74 Å². The van der Waals surface area contributed by atoms with Crippen molar-refractivity contribution in [3.8, 4) is 0 Å². The van der Waals surface area contributed by atoms with Crippen LogP contribution < -0.4 is 0 Å². The molecule has 0 amide bonds. The van der Waals surface area contributed by atoms with Gasteiger partial charge in [-0.25, -0.2) is 0 Å². The minimum absolute atomic E-state index is 0.0426. The van der Waals surface area contributed by atoms with Crippen molar-refractivity contribution in [2.75, 3.05) is 0 Å². The van der Waals surface area contributed by atoms with Crippen LogP contribution in [0.25, 0.3) is 0 Å². The van der Waals surface area contributed by atoms with Crippen molar-refractivity contribution in [2.45, 2.75) is 50.5 Å². The summed E-state index contributed by atoms with van der Waals surface area (Å²) in [5.74, 6) is -0.760. The number of nitrogens with zero attached hydrogens (tertiary/aromatic N) is 1. The van der Waals surface area contributed by atoms with Gasteiger partial charge in [0.1, 0.15) is 5.92 Å². The van der Waals surface area contributed by atoms with Gasteiger partial charge >= 0.3 is 5.97 Å². The Balaban J connectivity index is 1.68. The zero-order valence-electron chi connectivity index (χ0n) is 15.6. The maximum atomic E-state index is 13.6. The molecule has 0 bridgehead atoms. The highest BCUT2D eigenvalue weighted by Crippen LogP contribution is 2.51. The van der Waals surface area contributed by atoms with Gasteiger partial charge in [0.15, 0.2) is 11.4 Å². The Hall–Kier alpha value is -2.49. The molecule has 27 heavy (non-hydrogen) atoms. The molecule has 4 nitrogen and oxygen atoms in total. The number of aromatic nitrogens is 1. The molecule has 0 radical (unpaired) electrons. The number of benzene rings is 1. The normalized spacial score (nSPS) is 26.0. The number of hydrogen-bond donors (Lipinski definition) is 0. The lowest BCUT2D eigenvalue weighted by Crippen LogP contribution is -2.41. The molecule has 1 aromatic carbocycles. The third-order valence-electron chi connectivity index (χ3n) is 5.82. The highest BCUT2D eigenvalue weighted by molar-refractivity contribution is 6.10. The predicted molar refractivity (Wildman–Crippen MR) is 102 cm³/mol. The fourth-order valence-electron chi connectivity index (χ4n) is 4.50. The Labute approximate surface area is 160 Å². The number of carbonyl (C=O) groups excluding carboxylic acids is 2. The summed E-state index contributed by atoms with van der Waals surface area (Å²) in [7, 11) is 0. The van der Waals surface area contributed by atoms with Crippen LogP contribution in [-0.4, -0.2) is 22.3 Å². The number of ketones is 1. The van der Waals surface area contributed by atoms with Gasteiger partial charge in [-0.3, -0.25) is 14.6 Å². The number of Topliss-reactive ketones (excluding diaryl/α,β-unsaturated/α-hetero) is 1. The Morgan fingerprint density at radius 3 is 2.56 bits per heavy atom. The van der Waals surface area contributed by atoms with Gasteiger partial charge in [-0.1, -0.05) is 49.7 Å². The lowest BCUT2D eigenvalue weighted by Gasteiger charge is -2.26. The molecule has 3 atom stereocenters. The van der Waals surface area contributed by atoms with Crippen molar-refractivity contribution in [3.63, 3.8) is 0 Å². The predicted octanol–water partition coefficient (Wildman–Crippen LogP) is 4.10. The third-order valence-corrected chi connectivity index (χ3v) is 5.82. The van der Waals surface area contributed by atoms with Gasteiger partial charge in [0.05, 0.1) is 0 Å². The average Bonchev–Trinajstić information content (AvgIpc) is 3.48. The Bertz CT molecular complexity index is 816. The molecule has 2 aromatic rings. The Kier molecular flexibility index (Phi) is 4.81. The van der Waals surface area contributed by atoms with Crippen molar-refractivity contribution < 1.29 is 14.3 Å². The molecule has 0 spiro atoms. The second-order valence-corrected chi connectivity index (χ2v) is 7.82. The summed E-state index contributed by atoms with van der Waals surface area (Å²) in [6.45, 7) is 2.02. The molecule has 1 aromatic heterocycles. The standard InChI is InChI=1S/C23H25NO3/c1-2-12-23(14-16-7-6-13-24-15-16)21(25)20(22(26)27-23)19(18-10-11-18)17-8-4-3-5-9-17/h3-9,13,15,18-20H,2,10-12,14H2,1H3. The fraction of sp³-hybridized carbons (Fsp3) is 0.435. The topological polar surface area (TPSA) is 56.3 Å². The maximum Gasteiger partial charge on any atom is 0.318 e. The van der Waals surface area contributed by atoms with E-state index in [-0.39, 0.29) is 17.7 Å². The summed E-state index contributed by atoms with van der Waals surface area (Å²) in [4.78, 5) is 30.7. The zero-order chi connectivity index (χ0) is 18.9. The van der Waals surface area contributed by atoms with Crippen LogP contribution in [0.2, 0.25) is 0 Å². The molecular formula is C23H25NO3. The van der Waals surface area contributed by atoms with E-state index in [0.717, 1.165) is 30.4 Å². The van der Waals surface area contributed by atoms with E-state index in [1.165, 1.54) is 0 Å². The average molecular weight is 363 g/mol. The first-order valence-corrected chi connectivity index (χ1v) is 9.85. The monoisotopic (exact) mass is 363 g/mol. The van der Waals surface area contributed by atoms with Crippen molar-refractivity contribution in [1.29, 1.82) is 0 Å². The summed E-state index contributed by atoms with van der Waals surface area (Å²) in [5.41, 5.74) is 0.945. The van der Waals surface area contributed by atoms with Crippen LogP contribution >= 0.6 is 0 Å². The van der Waals surface area contributed by atoms with Gasteiger partial charge in [-0.15, -0.1) is 0 Å². The Morgan fingerprint density at radius 1 is 1.15 bits per heavy atom. The lowest BCUT2D eigenvalue weighted by atomic mass is 9.75. The van der Waals surface area contributed by atoms with E-state index in [2.05, 4.69) is 4.98 Å². The summed E-state index contributed by atoms with van der Waals surface area (Å²) >= 11 is 0. The highest BCUT2D eigenvalue weighted by Gasteiger charge is 2.59. The summed E-state index contributed by atoms with van der Waals surface area (Å²) in [6, 6.07) is 13.8. The molecule has 2 fully saturated rings. The van der Waals surface area contributed by atoms with Crippen LogP contribution in [0, 0.1) is 11.8 Å². The molecule has 1 aliphatic carbocycles. The minimum atomic E-state index is -1.05. The molecule has 1 saturated carbocycles. The molecule has 0 N–H and O–H groups in total. The van der Waals surface area contributed by atoms with Gasteiger partial charge in [-0.2, -0.15) is 0 Å². The summed E-state index contributed by atoms with van der Waals surface area (Å²) in [6.07, 6.45) is 7.34. The van der Waals surface area contributed by atoms with Crippen molar-refractivity contribution >= 4 is 11.8 Å². The van der Waals surface area contributed by atoms with E-state index >= 15 is 0 Å². The molecule has 2 heterocycles. The lowest BCUT2D eigenvalue weighted by molar-refractivity contribution is -0.153. The van der Waals surface area contributed by atoms with E-state index in [1.54, 1.807) is 12.4 Å². The molecular weight excluding hydrogens is 338 g/mol. The highest BCUT2D eigenvalue weighted by atomic mass is 16.6. The second kappa shape index (κ2) is 7.26. The summed E-state index contributed by atoms with van der Waals surface area (Å²) in [5, 5.41) is 0. The van der Waals surface area contributed by atoms with Gasteiger partial charge in [0.2, 0.25) is 0 Å². The largest absolute Gasteiger partial charge is 0.450 e. The molecule has 4 heteroatoms. The number of pyridine rings is 1. The minimum Gasteiger partial charge on any atom is -0.450 e. The van der Waals surface area contributed by atoms with E-state index in [0.29, 0.717) is 18.8 Å². The number of rotatable bonds is 7. The molecule has 140 valence electrons. The molecule has 1 aliphatic heterocycles. The van der Waals surface area contributed by atoms with Crippen LogP contribution in [0.5, 0.6) is 0 Å². The smallest absolute Gasteiger partial charge is 0.318 e. The van der Waals surface area contributed by atoms with E-state index < -0.39 is 11.5 Å². The number of ether oxygens (including phenoxy) is 1. The second-order valence-electron chi connectivity index (χ2n) is 7.82. The van der Waals surface area contributed by atoms with Crippen LogP contribution in [0.1, 0.15) is 49.7 Å². The van der Waals surface area contributed by atoms with Gasteiger partial charge in [-0.05, 0) is 42.4 Å². The molecule has 2 aliphatic rings. The number of hydrogen-bond acceptors (Lipinski definition) is 4. The quantitative estimate of drug-likeness (QED) is 0.549. The number of carbonyl (C=O) groups is 2. The fourth-order valence-corrected chi connectivity index (χ4v) is 4.50. The van der Waals surface area contributed by atoms with E-state index in [9.17, 15) is 9.59 Å². The van der Waals surface area contributed by atoms with Crippen LogP contribution in [-0.2, 0) is 20.7 Å². The number of cyclic esters (lactones) is 1. The van der Waals surface area contributed by atoms with Crippen LogP contribution in [0.3, 0.4) is 0 Å². The number of esters is 1. The summed E-state index contributed by atoms with van der Waals surface area (Å²) < 4.78 is 5.88. The zero-order valence-corrected chi connectivity index (χ0v) is 15.6. The first-order valence-electron chi connectivity index (χ1n) is 9.85. The van der Waals surface area contributed by atoms with Crippen LogP contribution in [0.4, 0.5) is 0 Å². The molecule has 1 saturated heterocycles. The Morgan fingerprint density at radius 2 is 1.93 bits per heavy atom. The van der Waals surface area contributed by atoms with E-state index in [1.807, 2.05) is 49.4 Å².